The van der Waals surface area contributed by atoms with Crippen molar-refractivity contribution in [1.29, 1.82) is 0 Å². The Kier molecular flexibility index (Phi) is 3.10. The Labute approximate surface area is 93.3 Å². The fourth-order valence-electron chi connectivity index (χ4n) is 1.80. The molecular weight excluding hydrogens is 218 g/mol. The van der Waals surface area contributed by atoms with Crippen LogP contribution in [0.3, 0.4) is 0 Å². The normalized spacial score (nSPS) is 27.0. The van der Waals surface area contributed by atoms with Crippen molar-refractivity contribution in [3.63, 3.8) is 0 Å². The molecule has 4 heteroatoms. The number of halogens is 1. The first-order valence-electron chi connectivity index (χ1n) is 4.79. The van der Waals surface area contributed by atoms with E-state index < -0.39 is 0 Å². The van der Waals surface area contributed by atoms with E-state index >= 15 is 0 Å². The molecule has 1 aromatic heterocycles. The van der Waals surface area contributed by atoms with E-state index in [0.29, 0.717) is 5.88 Å². The molecule has 1 aromatic rings. The van der Waals surface area contributed by atoms with Crippen LogP contribution >= 0.6 is 22.9 Å². The molecule has 0 aliphatic carbocycles. The second kappa shape index (κ2) is 4.17. The van der Waals surface area contributed by atoms with Gasteiger partial charge in [-0.1, -0.05) is 0 Å². The number of alkyl halides is 1. The summed E-state index contributed by atoms with van der Waals surface area (Å²) in [6.07, 6.45) is 4.06. The summed E-state index contributed by atoms with van der Waals surface area (Å²) in [4.78, 5) is 5.59. The lowest BCUT2D eigenvalue weighted by Crippen LogP contribution is -2.25. The van der Waals surface area contributed by atoms with Crippen LogP contribution < -0.4 is 0 Å². The highest BCUT2D eigenvalue weighted by Crippen LogP contribution is 2.35. The lowest BCUT2D eigenvalue weighted by molar-refractivity contribution is 0.161. The lowest BCUT2D eigenvalue weighted by atomic mass is 9.85. The van der Waals surface area contributed by atoms with Gasteiger partial charge in [0.1, 0.15) is 0 Å². The largest absolute Gasteiger partial charge is 0.381 e. The summed E-state index contributed by atoms with van der Waals surface area (Å²) in [5.74, 6) is 0.684. The molecule has 1 aliphatic rings. The Balaban J connectivity index is 2.08. The number of aromatic nitrogens is 1. The van der Waals surface area contributed by atoms with Gasteiger partial charge in [-0.2, -0.15) is 0 Å². The van der Waals surface area contributed by atoms with Crippen molar-refractivity contribution in [2.75, 3.05) is 19.1 Å². The number of hydrogen-bond donors (Lipinski definition) is 0. The van der Waals surface area contributed by atoms with Gasteiger partial charge < -0.3 is 4.74 Å². The molecular formula is C10H14ClNOS. The van der Waals surface area contributed by atoms with Crippen LogP contribution in [0.4, 0.5) is 0 Å². The van der Waals surface area contributed by atoms with Gasteiger partial charge in [0.05, 0.1) is 11.6 Å². The van der Waals surface area contributed by atoms with Crippen molar-refractivity contribution in [2.24, 2.45) is 5.41 Å². The maximum Gasteiger partial charge on any atom is 0.0896 e. The average molecular weight is 232 g/mol. The van der Waals surface area contributed by atoms with Crippen LogP contribution in [0.5, 0.6) is 0 Å². The van der Waals surface area contributed by atoms with Crippen LogP contribution in [-0.2, 0) is 11.2 Å². The topological polar surface area (TPSA) is 22.1 Å². The maximum atomic E-state index is 6.03. The first kappa shape index (κ1) is 10.4. The van der Waals surface area contributed by atoms with Crippen molar-refractivity contribution in [2.45, 2.75) is 19.8 Å². The van der Waals surface area contributed by atoms with Gasteiger partial charge in [0.2, 0.25) is 0 Å². The fraction of sp³-hybridized carbons (Fsp3) is 0.700. The van der Waals surface area contributed by atoms with Gasteiger partial charge in [0.25, 0.3) is 0 Å². The van der Waals surface area contributed by atoms with Crippen LogP contribution in [0.15, 0.2) is 6.20 Å². The summed E-state index contributed by atoms with van der Waals surface area (Å²) in [7, 11) is 0. The van der Waals surface area contributed by atoms with Gasteiger partial charge in [-0.05, 0) is 19.8 Å². The monoisotopic (exact) mass is 231 g/mol. The Bertz CT molecular complexity index is 307. The van der Waals surface area contributed by atoms with E-state index in [1.165, 1.54) is 4.88 Å². The molecule has 1 atom stereocenters. The number of thiazole rings is 1. The smallest absolute Gasteiger partial charge is 0.0896 e. The number of hydrogen-bond acceptors (Lipinski definition) is 3. The molecule has 0 bridgehead atoms. The van der Waals surface area contributed by atoms with Crippen molar-refractivity contribution < 1.29 is 4.74 Å². The van der Waals surface area contributed by atoms with Crippen molar-refractivity contribution in [3.8, 4) is 0 Å². The van der Waals surface area contributed by atoms with Crippen molar-refractivity contribution in [1.82, 2.24) is 4.98 Å². The summed E-state index contributed by atoms with van der Waals surface area (Å²) in [5, 5.41) is 1.13. The van der Waals surface area contributed by atoms with Crippen molar-refractivity contribution in [3.05, 3.63) is 16.1 Å². The minimum atomic E-state index is 0.167. The van der Waals surface area contributed by atoms with Gasteiger partial charge in [0, 0.05) is 29.0 Å². The summed E-state index contributed by atoms with van der Waals surface area (Å²) in [6.45, 7) is 3.69. The highest BCUT2D eigenvalue weighted by molar-refractivity contribution is 7.11. The van der Waals surface area contributed by atoms with Gasteiger partial charge in [-0.3, -0.25) is 0 Å². The van der Waals surface area contributed by atoms with Gasteiger partial charge in [-0.15, -0.1) is 22.9 Å². The van der Waals surface area contributed by atoms with Gasteiger partial charge in [-0.25, -0.2) is 4.98 Å². The standard InChI is InChI=1S/C10H14ClNOS/c1-8-12-5-9(14-8)4-10(6-11)2-3-13-7-10/h5H,2-4,6-7H2,1H3. The predicted octanol–water partition coefficient (Wildman–Crippen LogP) is 2.64. The molecule has 0 N–H and O–H groups in total. The SMILES string of the molecule is Cc1ncc(CC2(CCl)CCOC2)s1. The second-order valence-corrected chi connectivity index (χ2v) is 5.55. The Morgan fingerprint density at radius 1 is 1.71 bits per heavy atom. The third-order valence-electron chi connectivity index (χ3n) is 2.69. The Morgan fingerprint density at radius 2 is 2.57 bits per heavy atom. The van der Waals surface area contributed by atoms with Gasteiger partial charge in [0.15, 0.2) is 0 Å². The molecule has 1 saturated heterocycles. The molecule has 2 nitrogen and oxygen atoms in total. The van der Waals surface area contributed by atoms with E-state index in [0.717, 1.165) is 31.1 Å². The third-order valence-corrected chi connectivity index (χ3v) is 4.17. The van der Waals surface area contributed by atoms with Crippen LogP contribution in [-0.4, -0.2) is 24.1 Å². The summed E-state index contributed by atoms with van der Waals surface area (Å²) >= 11 is 7.79. The Hall–Kier alpha value is -0.120. The van der Waals surface area contributed by atoms with E-state index in [9.17, 15) is 0 Å². The third kappa shape index (κ3) is 2.10. The quantitative estimate of drug-likeness (QED) is 0.747. The summed E-state index contributed by atoms with van der Waals surface area (Å²) in [6, 6.07) is 0. The van der Waals surface area contributed by atoms with Crippen LogP contribution in [0.25, 0.3) is 0 Å². The van der Waals surface area contributed by atoms with Gasteiger partial charge >= 0.3 is 0 Å². The molecule has 14 heavy (non-hydrogen) atoms. The maximum absolute atomic E-state index is 6.03. The highest BCUT2D eigenvalue weighted by atomic mass is 35.5. The van der Waals surface area contributed by atoms with E-state index in [4.69, 9.17) is 16.3 Å². The molecule has 1 aliphatic heterocycles. The summed E-state index contributed by atoms with van der Waals surface area (Å²) in [5.41, 5.74) is 0.167. The molecule has 2 heterocycles. The zero-order valence-electron chi connectivity index (χ0n) is 8.25. The van der Waals surface area contributed by atoms with E-state index in [1.54, 1.807) is 11.3 Å². The molecule has 1 unspecified atom stereocenters. The zero-order valence-corrected chi connectivity index (χ0v) is 9.83. The lowest BCUT2D eigenvalue weighted by Gasteiger charge is -2.23. The highest BCUT2D eigenvalue weighted by Gasteiger charge is 2.34. The van der Waals surface area contributed by atoms with Crippen molar-refractivity contribution >= 4 is 22.9 Å². The molecule has 1 fully saturated rings. The van der Waals surface area contributed by atoms with Crippen LogP contribution in [0, 0.1) is 12.3 Å². The van der Waals surface area contributed by atoms with Crippen LogP contribution in [0.1, 0.15) is 16.3 Å². The first-order valence-corrected chi connectivity index (χ1v) is 6.14. The number of rotatable bonds is 3. The molecule has 2 rings (SSSR count). The first-order chi connectivity index (χ1) is 6.74. The number of ether oxygens (including phenoxy) is 1. The van der Waals surface area contributed by atoms with E-state index in [2.05, 4.69) is 4.98 Å². The number of aryl methyl sites for hydroxylation is 1. The minimum absolute atomic E-state index is 0.167. The molecule has 0 spiro atoms. The molecule has 0 saturated carbocycles. The van der Waals surface area contributed by atoms with E-state index in [1.807, 2.05) is 13.1 Å². The zero-order chi connectivity index (χ0) is 10.0. The molecule has 0 amide bonds. The molecule has 0 radical (unpaired) electrons. The number of nitrogens with zero attached hydrogens (tertiary/aromatic N) is 1. The molecule has 78 valence electrons. The summed E-state index contributed by atoms with van der Waals surface area (Å²) < 4.78 is 5.43. The average Bonchev–Trinajstić information content (AvgIpc) is 2.77. The fourth-order valence-corrected chi connectivity index (χ4v) is 3.07. The Morgan fingerprint density at radius 3 is 3.07 bits per heavy atom. The predicted molar refractivity (Wildman–Crippen MR) is 59.1 cm³/mol. The minimum Gasteiger partial charge on any atom is -0.381 e. The van der Waals surface area contributed by atoms with E-state index in [-0.39, 0.29) is 5.41 Å². The van der Waals surface area contributed by atoms with Crippen LogP contribution in [0.2, 0.25) is 0 Å². The molecule has 0 aromatic carbocycles. The second-order valence-electron chi connectivity index (χ2n) is 3.96.